The summed E-state index contributed by atoms with van der Waals surface area (Å²) in [7, 11) is -3.00. The molecule has 0 bridgehead atoms. The zero-order valence-electron chi connectivity index (χ0n) is 9.16. The Balaban J connectivity index is 0. The van der Waals surface area contributed by atoms with E-state index in [1.807, 2.05) is 20.8 Å². The summed E-state index contributed by atoms with van der Waals surface area (Å²) in [6.45, 7) is 8.71. The number of thiocarbonyl (C=S) groups is 1. The summed E-state index contributed by atoms with van der Waals surface area (Å²) in [5, 5.41) is 0.381. The van der Waals surface area contributed by atoms with Crippen molar-refractivity contribution in [3.05, 3.63) is 0 Å². The molecular formula is C8H19LiO4SSi. The van der Waals surface area contributed by atoms with Gasteiger partial charge in [0, 0.05) is 26.7 Å². The van der Waals surface area contributed by atoms with Crippen molar-refractivity contribution in [2.45, 2.75) is 27.7 Å². The van der Waals surface area contributed by atoms with Crippen molar-refractivity contribution in [2.75, 3.05) is 19.8 Å². The van der Waals surface area contributed by atoms with E-state index in [0.29, 0.717) is 24.9 Å². The summed E-state index contributed by atoms with van der Waals surface area (Å²) in [6, 6.07) is 0. The van der Waals surface area contributed by atoms with Gasteiger partial charge in [0.05, 0.1) is 0 Å². The molecule has 0 radical (unpaired) electrons. The van der Waals surface area contributed by atoms with E-state index in [1.165, 1.54) is 0 Å². The van der Waals surface area contributed by atoms with Crippen molar-refractivity contribution in [3.63, 3.8) is 0 Å². The van der Waals surface area contributed by atoms with Crippen molar-refractivity contribution in [2.24, 2.45) is 0 Å². The van der Waals surface area contributed by atoms with Crippen LogP contribution in [-0.2, 0) is 17.7 Å². The van der Waals surface area contributed by atoms with Crippen LogP contribution < -0.4 is 0 Å². The first-order valence-corrected chi connectivity index (χ1v) is 6.75. The predicted octanol–water partition coefficient (Wildman–Crippen LogP) is 1.25. The van der Waals surface area contributed by atoms with E-state index in [0.717, 1.165) is 0 Å². The molecule has 0 unspecified atom stereocenters. The molecule has 0 atom stereocenters. The second-order valence-electron chi connectivity index (χ2n) is 2.39. The third kappa shape index (κ3) is 7.47. The van der Waals surface area contributed by atoms with Crippen molar-refractivity contribution in [1.82, 2.24) is 0 Å². The molecule has 4 nitrogen and oxygen atoms in total. The maximum absolute atomic E-state index is 5.41. The topological polar surface area (TPSA) is 36.9 Å². The quantitative estimate of drug-likeness (QED) is 0.499. The van der Waals surface area contributed by atoms with Gasteiger partial charge in [0.2, 0.25) is 0 Å². The molecule has 0 aliphatic carbocycles. The first kappa shape index (κ1) is 18.0. The predicted molar refractivity (Wildman–Crippen MR) is 67.1 cm³/mol. The molecule has 0 saturated carbocycles. The van der Waals surface area contributed by atoms with E-state index in [2.05, 4.69) is 0 Å². The molecule has 0 N–H and O–H groups in total. The van der Waals surface area contributed by atoms with Crippen LogP contribution in [-0.4, -0.2) is 52.8 Å². The summed E-state index contributed by atoms with van der Waals surface area (Å²) < 4.78 is 21.6. The Kier molecular flexibility index (Phi) is 11.7. The summed E-state index contributed by atoms with van der Waals surface area (Å²) in [4.78, 5) is 0. The second kappa shape index (κ2) is 9.79. The Labute approximate surface area is 110 Å². The van der Waals surface area contributed by atoms with Gasteiger partial charge in [-0.2, -0.15) is 0 Å². The van der Waals surface area contributed by atoms with Gasteiger partial charge in [-0.1, -0.05) is 0 Å². The van der Waals surface area contributed by atoms with E-state index in [9.17, 15) is 0 Å². The van der Waals surface area contributed by atoms with E-state index >= 15 is 0 Å². The Bertz CT molecular complexity index is 165. The van der Waals surface area contributed by atoms with Gasteiger partial charge in [-0.25, -0.2) is 0 Å². The van der Waals surface area contributed by atoms with Crippen LogP contribution >= 0.6 is 12.2 Å². The third-order valence-electron chi connectivity index (χ3n) is 1.23. The molecule has 0 aromatic heterocycles. The minimum atomic E-state index is -3.00. The van der Waals surface area contributed by atoms with Crippen LogP contribution in [0.25, 0.3) is 0 Å². The zero-order chi connectivity index (χ0) is 11.0. The fourth-order valence-electron chi connectivity index (χ4n) is 0.920. The number of hydrogen-bond acceptors (Lipinski definition) is 5. The SMILES string of the molecule is CCO[Si](OCC)(OCC)OC(C)=S.[LiH]. The van der Waals surface area contributed by atoms with E-state index in [4.69, 9.17) is 29.9 Å². The van der Waals surface area contributed by atoms with Crippen LogP contribution in [0.3, 0.4) is 0 Å². The van der Waals surface area contributed by atoms with Crippen molar-refractivity contribution >= 4 is 45.2 Å². The van der Waals surface area contributed by atoms with Crippen molar-refractivity contribution < 1.29 is 17.7 Å². The Morgan fingerprint density at radius 1 is 1.00 bits per heavy atom. The molecule has 0 aliphatic rings. The third-order valence-corrected chi connectivity index (χ3v) is 3.95. The molecule has 0 spiro atoms. The summed E-state index contributed by atoms with van der Waals surface area (Å²) in [5.74, 6) is 0. The molecule has 86 valence electrons. The fraction of sp³-hybridized carbons (Fsp3) is 0.875. The monoisotopic (exact) mass is 246 g/mol. The van der Waals surface area contributed by atoms with Crippen LogP contribution in [0.4, 0.5) is 0 Å². The van der Waals surface area contributed by atoms with Gasteiger partial charge in [0.1, 0.15) is 5.05 Å². The van der Waals surface area contributed by atoms with E-state index in [1.54, 1.807) is 6.92 Å². The first-order chi connectivity index (χ1) is 6.60. The average Bonchev–Trinajstić information content (AvgIpc) is 2.03. The molecule has 0 rings (SSSR count). The van der Waals surface area contributed by atoms with Gasteiger partial charge >= 0.3 is 27.9 Å². The van der Waals surface area contributed by atoms with Crippen LogP contribution in [0.2, 0.25) is 0 Å². The minimum absolute atomic E-state index is 0. The summed E-state index contributed by atoms with van der Waals surface area (Å²) in [6.07, 6.45) is 0. The number of rotatable bonds is 7. The van der Waals surface area contributed by atoms with Crippen LogP contribution in [0.5, 0.6) is 0 Å². The standard InChI is InChI=1S/C8H18O4SSi.Li.H/c1-5-9-14(10-6-2,11-7-3)12-8(4)13;;/h5-7H2,1-4H3;;. The van der Waals surface area contributed by atoms with Crippen molar-refractivity contribution in [1.29, 1.82) is 0 Å². The Morgan fingerprint density at radius 3 is 1.53 bits per heavy atom. The van der Waals surface area contributed by atoms with Gasteiger partial charge in [-0.15, -0.1) is 0 Å². The average molecular weight is 246 g/mol. The molecule has 0 aromatic rings. The first-order valence-electron chi connectivity index (χ1n) is 4.71. The van der Waals surface area contributed by atoms with E-state index in [-0.39, 0.29) is 18.9 Å². The van der Waals surface area contributed by atoms with Crippen molar-refractivity contribution in [3.8, 4) is 0 Å². The Hall–Kier alpha value is 0.584. The van der Waals surface area contributed by atoms with Gasteiger partial charge in [0.25, 0.3) is 0 Å². The van der Waals surface area contributed by atoms with Crippen LogP contribution in [0.1, 0.15) is 27.7 Å². The normalized spacial score (nSPS) is 10.7. The summed E-state index contributed by atoms with van der Waals surface area (Å²) in [5.41, 5.74) is 0. The Morgan fingerprint density at radius 2 is 1.33 bits per heavy atom. The molecule has 15 heavy (non-hydrogen) atoms. The van der Waals surface area contributed by atoms with Gasteiger partial charge in [-0.05, 0) is 33.0 Å². The van der Waals surface area contributed by atoms with Gasteiger partial charge < -0.3 is 17.7 Å². The molecule has 7 heteroatoms. The molecule has 0 heterocycles. The van der Waals surface area contributed by atoms with E-state index < -0.39 is 9.05 Å². The molecular weight excluding hydrogens is 227 g/mol. The molecule has 0 fully saturated rings. The van der Waals surface area contributed by atoms with Gasteiger partial charge in [0.15, 0.2) is 0 Å². The maximum atomic E-state index is 5.41. The number of hydrogen-bond donors (Lipinski definition) is 0. The molecule has 0 aliphatic heterocycles. The molecule has 0 aromatic carbocycles. The van der Waals surface area contributed by atoms with Crippen LogP contribution in [0, 0.1) is 0 Å². The molecule has 0 saturated heterocycles. The molecule has 0 amide bonds. The zero-order valence-corrected chi connectivity index (χ0v) is 11.0. The summed E-state index contributed by atoms with van der Waals surface area (Å²) >= 11 is 4.86. The second-order valence-corrected chi connectivity index (χ2v) is 5.04. The van der Waals surface area contributed by atoms with Crippen LogP contribution in [0.15, 0.2) is 0 Å². The van der Waals surface area contributed by atoms with Gasteiger partial charge in [-0.3, -0.25) is 0 Å². The fourth-order valence-corrected chi connectivity index (χ4v) is 3.07.